The minimum atomic E-state index is -0.503. The average Bonchev–Trinajstić information content (AvgIpc) is 3.20. The van der Waals surface area contributed by atoms with Crippen LogP contribution in [0.3, 0.4) is 0 Å². The van der Waals surface area contributed by atoms with Crippen molar-refractivity contribution >= 4 is 11.8 Å². The topological polar surface area (TPSA) is 71.5 Å². The van der Waals surface area contributed by atoms with Crippen LogP contribution in [0.25, 0.3) is 0 Å². The molecule has 6 nitrogen and oxygen atoms in total. The zero-order chi connectivity index (χ0) is 15.4. The number of ether oxygens (including phenoxy) is 1. The number of aromatic nitrogens is 1. The largest absolute Gasteiger partial charge is 0.379 e. The van der Waals surface area contributed by atoms with Gasteiger partial charge in [0.25, 0.3) is 0 Å². The quantitative estimate of drug-likeness (QED) is 0.819. The molecule has 0 aromatic carbocycles. The minimum absolute atomic E-state index is 0.104. The molecular formula is C16H21N3O3. The third kappa shape index (κ3) is 3.44. The van der Waals surface area contributed by atoms with E-state index in [2.05, 4.69) is 10.3 Å². The summed E-state index contributed by atoms with van der Waals surface area (Å²) in [6, 6.07) is 3.83. The first-order chi connectivity index (χ1) is 10.7. The molecule has 2 fully saturated rings. The number of carbonyl (C=O) groups excluding carboxylic acids is 2. The second-order valence-corrected chi connectivity index (χ2v) is 5.94. The van der Waals surface area contributed by atoms with Gasteiger partial charge in [-0.05, 0) is 37.0 Å². The Hall–Kier alpha value is -1.95. The van der Waals surface area contributed by atoms with E-state index in [1.807, 2.05) is 12.1 Å². The first kappa shape index (κ1) is 15.0. The van der Waals surface area contributed by atoms with Gasteiger partial charge in [0.15, 0.2) is 0 Å². The van der Waals surface area contributed by atoms with Crippen molar-refractivity contribution < 1.29 is 14.3 Å². The van der Waals surface area contributed by atoms with Gasteiger partial charge in [-0.1, -0.05) is 0 Å². The van der Waals surface area contributed by atoms with E-state index in [1.165, 1.54) is 0 Å². The van der Waals surface area contributed by atoms with E-state index in [0.29, 0.717) is 26.3 Å². The molecule has 2 atom stereocenters. The molecule has 1 aromatic rings. The van der Waals surface area contributed by atoms with Gasteiger partial charge in [0.05, 0.1) is 19.3 Å². The molecule has 3 rings (SSSR count). The summed E-state index contributed by atoms with van der Waals surface area (Å²) in [5.41, 5.74) is 1.16. The van der Waals surface area contributed by atoms with Crippen molar-refractivity contribution in [3.05, 3.63) is 30.1 Å². The molecule has 2 amide bonds. The summed E-state index contributed by atoms with van der Waals surface area (Å²) < 4.78 is 5.49. The standard InChI is InChI=1S/C16H21N3O3/c20-15(16(21)19-7-1-2-8-19)18-14-11-22-10-13(14)9-12-3-5-17-6-4-12/h3-6,13-14H,1-2,7-11H2,(H,18,20)/t13-,14+/m1/s1. The third-order valence-corrected chi connectivity index (χ3v) is 4.35. The van der Waals surface area contributed by atoms with Crippen molar-refractivity contribution in [2.24, 2.45) is 5.92 Å². The number of nitrogens with zero attached hydrogens (tertiary/aromatic N) is 2. The molecule has 22 heavy (non-hydrogen) atoms. The van der Waals surface area contributed by atoms with E-state index in [9.17, 15) is 9.59 Å². The zero-order valence-electron chi connectivity index (χ0n) is 12.5. The van der Waals surface area contributed by atoms with E-state index < -0.39 is 11.8 Å². The number of amides is 2. The van der Waals surface area contributed by atoms with Crippen LogP contribution in [0.4, 0.5) is 0 Å². The molecule has 6 heteroatoms. The summed E-state index contributed by atoms with van der Waals surface area (Å²) in [6.45, 7) is 2.45. The first-order valence-electron chi connectivity index (χ1n) is 7.80. The van der Waals surface area contributed by atoms with Gasteiger partial charge < -0.3 is 15.0 Å². The molecule has 0 unspecified atom stereocenters. The Morgan fingerprint density at radius 2 is 1.95 bits per heavy atom. The number of hydrogen-bond donors (Lipinski definition) is 1. The van der Waals surface area contributed by atoms with E-state index >= 15 is 0 Å². The number of pyridine rings is 1. The maximum absolute atomic E-state index is 12.1. The van der Waals surface area contributed by atoms with Gasteiger partial charge in [0, 0.05) is 31.4 Å². The van der Waals surface area contributed by atoms with E-state index in [0.717, 1.165) is 24.8 Å². The van der Waals surface area contributed by atoms with Crippen molar-refractivity contribution in [2.45, 2.75) is 25.3 Å². The number of hydrogen-bond acceptors (Lipinski definition) is 4. The third-order valence-electron chi connectivity index (χ3n) is 4.35. The molecule has 3 heterocycles. The van der Waals surface area contributed by atoms with Crippen LogP contribution in [-0.4, -0.2) is 54.0 Å². The summed E-state index contributed by atoms with van der Waals surface area (Å²) in [5, 5.41) is 2.86. The van der Waals surface area contributed by atoms with Gasteiger partial charge in [-0.25, -0.2) is 0 Å². The normalized spacial score (nSPS) is 24.5. The zero-order valence-corrected chi connectivity index (χ0v) is 12.5. The predicted molar refractivity (Wildman–Crippen MR) is 80.0 cm³/mol. The lowest BCUT2D eigenvalue weighted by molar-refractivity contribution is -0.145. The van der Waals surface area contributed by atoms with E-state index in [4.69, 9.17) is 4.74 Å². The number of rotatable bonds is 3. The second-order valence-electron chi connectivity index (χ2n) is 5.94. The van der Waals surface area contributed by atoms with Crippen LogP contribution in [0, 0.1) is 5.92 Å². The first-order valence-corrected chi connectivity index (χ1v) is 7.80. The fourth-order valence-electron chi connectivity index (χ4n) is 3.07. The Balaban J connectivity index is 1.56. The smallest absolute Gasteiger partial charge is 0.311 e. The molecular weight excluding hydrogens is 282 g/mol. The molecule has 0 bridgehead atoms. The lowest BCUT2D eigenvalue weighted by Gasteiger charge is -2.21. The Morgan fingerprint density at radius 3 is 2.68 bits per heavy atom. The Kier molecular flexibility index (Phi) is 4.68. The molecule has 0 radical (unpaired) electrons. The molecule has 0 spiro atoms. The van der Waals surface area contributed by atoms with Crippen molar-refractivity contribution in [1.29, 1.82) is 0 Å². The summed E-state index contributed by atoms with van der Waals surface area (Å²) in [6.07, 6.45) is 6.29. The lowest BCUT2D eigenvalue weighted by atomic mass is 9.95. The second kappa shape index (κ2) is 6.87. The highest BCUT2D eigenvalue weighted by molar-refractivity contribution is 6.35. The highest BCUT2D eigenvalue weighted by Gasteiger charge is 2.33. The Labute approximate surface area is 129 Å². The van der Waals surface area contributed by atoms with Gasteiger partial charge in [-0.3, -0.25) is 14.6 Å². The summed E-state index contributed by atoms with van der Waals surface area (Å²) >= 11 is 0. The lowest BCUT2D eigenvalue weighted by Crippen LogP contribution is -2.48. The van der Waals surface area contributed by atoms with E-state index in [1.54, 1.807) is 17.3 Å². The number of nitrogens with one attached hydrogen (secondary N) is 1. The monoisotopic (exact) mass is 303 g/mol. The van der Waals surface area contributed by atoms with Gasteiger partial charge in [-0.2, -0.15) is 0 Å². The van der Waals surface area contributed by atoms with Crippen LogP contribution in [0.1, 0.15) is 18.4 Å². The van der Waals surface area contributed by atoms with Crippen LogP contribution >= 0.6 is 0 Å². The molecule has 2 aliphatic rings. The van der Waals surface area contributed by atoms with Crippen LogP contribution in [0.2, 0.25) is 0 Å². The highest BCUT2D eigenvalue weighted by Crippen LogP contribution is 2.19. The molecule has 1 aromatic heterocycles. The minimum Gasteiger partial charge on any atom is -0.379 e. The van der Waals surface area contributed by atoms with Crippen molar-refractivity contribution in [3.63, 3.8) is 0 Å². The molecule has 1 N–H and O–H groups in total. The van der Waals surface area contributed by atoms with Gasteiger partial charge in [-0.15, -0.1) is 0 Å². The Bertz CT molecular complexity index is 529. The fraction of sp³-hybridized carbons (Fsp3) is 0.562. The molecule has 0 aliphatic carbocycles. The van der Waals surface area contributed by atoms with E-state index in [-0.39, 0.29) is 12.0 Å². The summed E-state index contributed by atoms with van der Waals surface area (Å²) in [4.78, 5) is 29.8. The molecule has 2 aliphatic heterocycles. The highest BCUT2D eigenvalue weighted by atomic mass is 16.5. The SMILES string of the molecule is O=C(N[C@H]1COC[C@H]1Cc1ccncc1)C(=O)N1CCCC1. The van der Waals surface area contributed by atoms with Crippen LogP contribution in [-0.2, 0) is 20.7 Å². The van der Waals surface area contributed by atoms with Gasteiger partial charge in [0.2, 0.25) is 0 Å². The van der Waals surface area contributed by atoms with Crippen molar-refractivity contribution in [2.75, 3.05) is 26.3 Å². The van der Waals surface area contributed by atoms with Crippen LogP contribution in [0.5, 0.6) is 0 Å². The summed E-state index contributed by atoms with van der Waals surface area (Å²) in [5.74, 6) is -0.720. The maximum Gasteiger partial charge on any atom is 0.311 e. The van der Waals surface area contributed by atoms with Crippen molar-refractivity contribution in [3.8, 4) is 0 Å². The van der Waals surface area contributed by atoms with Gasteiger partial charge in [0.1, 0.15) is 0 Å². The van der Waals surface area contributed by atoms with Crippen LogP contribution in [0.15, 0.2) is 24.5 Å². The molecule has 2 saturated heterocycles. The summed E-state index contributed by atoms with van der Waals surface area (Å²) in [7, 11) is 0. The molecule has 118 valence electrons. The number of likely N-dealkylation sites (tertiary alicyclic amines) is 1. The van der Waals surface area contributed by atoms with Gasteiger partial charge >= 0.3 is 11.8 Å². The fourth-order valence-corrected chi connectivity index (χ4v) is 3.07. The average molecular weight is 303 g/mol. The van der Waals surface area contributed by atoms with Crippen molar-refractivity contribution in [1.82, 2.24) is 15.2 Å². The maximum atomic E-state index is 12.1. The number of carbonyl (C=O) groups is 2. The van der Waals surface area contributed by atoms with Crippen LogP contribution < -0.4 is 5.32 Å². The predicted octanol–water partition coefficient (Wildman–Crippen LogP) is 0.378. The molecule has 0 saturated carbocycles. The Morgan fingerprint density at radius 1 is 1.23 bits per heavy atom.